The number of halogens is 1. The Labute approximate surface area is 116 Å². The number of para-hydroxylation sites is 1. The molecule has 19 heavy (non-hydrogen) atoms. The second-order valence-corrected chi connectivity index (χ2v) is 4.33. The van der Waals surface area contributed by atoms with Gasteiger partial charge in [0.2, 0.25) is 5.91 Å². The highest BCUT2D eigenvalue weighted by atomic mass is 35.5. The summed E-state index contributed by atoms with van der Waals surface area (Å²) in [6.45, 7) is 0. The zero-order valence-electron chi connectivity index (χ0n) is 10.3. The molecule has 0 fully saturated rings. The minimum absolute atomic E-state index is 0.0236. The van der Waals surface area contributed by atoms with Crippen LogP contribution in [0.1, 0.15) is 36.0 Å². The van der Waals surface area contributed by atoms with Crippen molar-refractivity contribution in [2.45, 2.75) is 25.7 Å². The molecule has 0 aromatic heterocycles. The molecule has 1 aromatic carbocycles. The number of carboxylic acids is 1. The van der Waals surface area contributed by atoms with Gasteiger partial charge in [-0.05, 0) is 25.0 Å². The smallest absolute Gasteiger partial charge is 0.337 e. The lowest BCUT2D eigenvalue weighted by Crippen LogP contribution is -2.14. The Balaban J connectivity index is 2.69. The molecule has 0 bridgehead atoms. The van der Waals surface area contributed by atoms with E-state index in [0.29, 0.717) is 12.8 Å². The summed E-state index contributed by atoms with van der Waals surface area (Å²) >= 11 is 5.90. The third-order valence-corrected chi connectivity index (χ3v) is 2.80. The Morgan fingerprint density at radius 3 is 2.74 bits per heavy atom. The molecule has 4 nitrogen and oxygen atoms in total. The van der Waals surface area contributed by atoms with E-state index in [1.807, 2.05) is 0 Å². The van der Waals surface area contributed by atoms with Crippen LogP contribution in [-0.4, -0.2) is 17.0 Å². The molecule has 1 rings (SSSR count). The Bertz CT molecular complexity index is 520. The molecule has 1 aromatic rings. The molecule has 2 N–H and O–H groups in total. The Hall–Kier alpha value is -1.99. The highest BCUT2D eigenvalue weighted by molar-refractivity contribution is 6.34. The first-order valence-corrected chi connectivity index (χ1v) is 6.19. The number of hydrogen-bond donors (Lipinski definition) is 2. The van der Waals surface area contributed by atoms with Crippen LogP contribution in [0.2, 0.25) is 5.02 Å². The van der Waals surface area contributed by atoms with Crippen LogP contribution in [0.25, 0.3) is 0 Å². The van der Waals surface area contributed by atoms with Crippen LogP contribution in [0, 0.1) is 12.3 Å². The van der Waals surface area contributed by atoms with Crippen molar-refractivity contribution >= 4 is 29.2 Å². The van der Waals surface area contributed by atoms with E-state index in [4.69, 9.17) is 23.1 Å². The molecule has 100 valence electrons. The van der Waals surface area contributed by atoms with Crippen molar-refractivity contribution < 1.29 is 14.7 Å². The van der Waals surface area contributed by atoms with E-state index >= 15 is 0 Å². The molecule has 0 saturated carbocycles. The lowest BCUT2D eigenvalue weighted by Gasteiger charge is -2.10. The van der Waals surface area contributed by atoms with Gasteiger partial charge in [0, 0.05) is 12.8 Å². The third-order valence-electron chi connectivity index (χ3n) is 2.48. The number of amides is 1. The number of rotatable bonds is 6. The SMILES string of the molecule is C#CCCCCC(=O)Nc1c(Cl)cccc1C(=O)O. The first-order chi connectivity index (χ1) is 9.06. The molecule has 0 heterocycles. The number of nitrogens with one attached hydrogen (secondary N) is 1. The summed E-state index contributed by atoms with van der Waals surface area (Å²) in [5.41, 5.74) is 0.114. The zero-order chi connectivity index (χ0) is 14.3. The Morgan fingerprint density at radius 2 is 2.11 bits per heavy atom. The maximum Gasteiger partial charge on any atom is 0.337 e. The molecule has 5 heteroatoms. The lowest BCUT2D eigenvalue weighted by molar-refractivity contribution is -0.116. The minimum Gasteiger partial charge on any atom is -0.478 e. The van der Waals surface area contributed by atoms with Gasteiger partial charge < -0.3 is 10.4 Å². The van der Waals surface area contributed by atoms with E-state index in [1.165, 1.54) is 18.2 Å². The number of anilines is 1. The number of unbranched alkanes of at least 4 members (excludes halogenated alkanes) is 2. The first-order valence-electron chi connectivity index (χ1n) is 5.81. The van der Waals surface area contributed by atoms with E-state index in [0.717, 1.165) is 6.42 Å². The minimum atomic E-state index is -1.13. The molecule has 0 spiro atoms. The maximum atomic E-state index is 11.7. The number of terminal acetylenes is 1. The van der Waals surface area contributed by atoms with E-state index < -0.39 is 5.97 Å². The predicted molar refractivity (Wildman–Crippen MR) is 74.3 cm³/mol. The van der Waals surface area contributed by atoms with Gasteiger partial charge in [0.1, 0.15) is 0 Å². The maximum absolute atomic E-state index is 11.7. The van der Waals surface area contributed by atoms with Crippen LogP contribution in [0.3, 0.4) is 0 Å². The molecule has 0 aliphatic rings. The topological polar surface area (TPSA) is 66.4 Å². The van der Waals surface area contributed by atoms with Crippen molar-refractivity contribution in [3.63, 3.8) is 0 Å². The van der Waals surface area contributed by atoms with Crippen molar-refractivity contribution in [1.29, 1.82) is 0 Å². The molecular weight excluding hydrogens is 266 g/mol. The largest absolute Gasteiger partial charge is 0.478 e. The van der Waals surface area contributed by atoms with Crippen LogP contribution in [0.4, 0.5) is 5.69 Å². The lowest BCUT2D eigenvalue weighted by atomic mass is 10.1. The summed E-state index contributed by atoms with van der Waals surface area (Å²) in [6.07, 6.45) is 7.43. The highest BCUT2D eigenvalue weighted by Gasteiger charge is 2.15. The summed E-state index contributed by atoms with van der Waals surface area (Å²) < 4.78 is 0. The fourth-order valence-corrected chi connectivity index (χ4v) is 1.77. The van der Waals surface area contributed by atoms with Gasteiger partial charge in [-0.3, -0.25) is 4.79 Å². The average molecular weight is 280 g/mol. The highest BCUT2D eigenvalue weighted by Crippen LogP contribution is 2.26. The van der Waals surface area contributed by atoms with Crippen molar-refractivity contribution in [2.75, 3.05) is 5.32 Å². The summed E-state index contributed by atoms with van der Waals surface area (Å²) in [7, 11) is 0. The Kier molecular flexibility index (Phi) is 5.91. The van der Waals surface area contributed by atoms with Gasteiger partial charge in [0.25, 0.3) is 0 Å². The van der Waals surface area contributed by atoms with Crippen molar-refractivity contribution in [3.05, 3.63) is 28.8 Å². The van der Waals surface area contributed by atoms with Gasteiger partial charge in [-0.25, -0.2) is 4.79 Å². The van der Waals surface area contributed by atoms with E-state index in [1.54, 1.807) is 0 Å². The molecule has 0 atom stereocenters. The number of carbonyl (C=O) groups is 2. The normalized spacial score (nSPS) is 9.68. The summed E-state index contributed by atoms with van der Waals surface area (Å²) in [5.74, 6) is 1.09. The number of carbonyl (C=O) groups excluding carboxylic acids is 1. The standard InChI is InChI=1S/C14H14ClNO3/c1-2-3-4-5-9-12(17)16-13-10(14(18)19)7-6-8-11(13)15/h1,6-8H,3-5,9H2,(H,16,17)(H,18,19). The first kappa shape index (κ1) is 15.1. The number of benzene rings is 1. The summed E-state index contributed by atoms with van der Waals surface area (Å²) in [5, 5.41) is 11.8. The Morgan fingerprint density at radius 1 is 1.37 bits per heavy atom. The van der Waals surface area contributed by atoms with Crippen molar-refractivity contribution in [3.8, 4) is 12.3 Å². The second-order valence-electron chi connectivity index (χ2n) is 3.93. The second kappa shape index (κ2) is 7.45. The average Bonchev–Trinajstić information content (AvgIpc) is 2.37. The predicted octanol–water partition coefficient (Wildman–Crippen LogP) is 3.17. The molecule has 0 unspecified atom stereocenters. The van der Waals surface area contributed by atoms with Gasteiger partial charge in [-0.2, -0.15) is 0 Å². The summed E-state index contributed by atoms with van der Waals surface area (Å²) in [6, 6.07) is 4.44. The molecule has 0 aliphatic heterocycles. The van der Waals surface area contributed by atoms with E-state index in [2.05, 4.69) is 11.2 Å². The molecule has 1 amide bonds. The van der Waals surface area contributed by atoms with Crippen LogP contribution in [0.15, 0.2) is 18.2 Å². The van der Waals surface area contributed by atoms with Crippen LogP contribution < -0.4 is 5.32 Å². The van der Waals surface area contributed by atoms with E-state index in [9.17, 15) is 9.59 Å². The zero-order valence-corrected chi connectivity index (χ0v) is 11.0. The molecule has 0 saturated heterocycles. The van der Waals surface area contributed by atoms with Gasteiger partial charge in [0.15, 0.2) is 0 Å². The van der Waals surface area contributed by atoms with Crippen molar-refractivity contribution in [2.24, 2.45) is 0 Å². The van der Waals surface area contributed by atoms with Crippen LogP contribution in [0.5, 0.6) is 0 Å². The van der Waals surface area contributed by atoms with Gasteiger partial charge in [-0.15, -0.1) is 12.3 Å². The fraction of sp³-hybridized carbons (Fsp3) is 0.286. The van der Waals surface area contributed by atoms with Crippen molar-refractivity contribution in [1.82, 2.24) is 0 Å². The van der Waals surface area contributed by atoms with Gasteiger partial charge >= 0.3 is 5.97 Å². The number of aromatic carboxylic acids is 1. The van der Waals surface area contributed by atoms with Gasteiger partial charge in [0.05, 0.1) is 16.3 Å². The number of carboxylic acid groups (broad SMARTS) is 1. The fourth-order valence-electron chi connectivity index (χ4n) is 1.54. The number of hydrogen-bond acceptors (Lipinski definition) is 2. The molecular formula is C14H14ClNO3. The third kappa shape index (κ3) is 4.65. The molecule has 0 aliphatic carbocycles. The van der Waals surface area contributed by atoms with Crippen LogP contribution in [-0.2, 0) is 4.79 Å². The molecule has 0 radical (unpaired) electrons. The van der Waals surface area contributed by atoms with Crippen LogP contribution >= 0.6 is 11.6 Å². The quantitative estimate of drug-likeness (QED) is 0.621. The van der Waals surface area contributed by atoms with E-state index in [-0.39, 0.29) is 28.6 Å². The monoisotopic (exact) mass is 279 g/mol. The summed E-state index contributed by atoms with van der Waals surface area (Å²) in [4.78, 5) is 22.7. The van der Waals surface area contributed by atoms with Gasteiger partial charge in [-0.1, -0.05) is 17.7 Å².